The normalized spacial score (nSPS) is 18.0. The Morgan fingerprint density at radius 1 is 1.16 bits per heavy atom. The Kier molecular flexibility index (Phi) is 7.33. The number of piperazine rings is 1. The minimum absolute atomic E-state index is 0.00125. The van der Waals surface area contributed by atoms with Crippen LogP contribution in [0.5, 0.6) is 5.75 Å². The first-order valence-electron chi connectivity index (χ1n) is 11.4. The maximum Gasteiger partial charge on any atom is 0.547 e. The molecule has 4 N–H and O–H groups in total. The lowest BCUT2D eigenvalue weighted by Gasteiger charge is -2.33. The number of urea groups is 1. The van der Waals surface area contributed by atoms with Gasteiger partial charge in [0.15, 0.2) is 11.9 Å². The fourth-order valence-corrected chi connectivity index (χ4v) is 4.06. The van der Waals surface area contributed by atoms with Crippen LogP contribution in [0.2, 0.25) is 0 Å². The van der Waals surface area contributed by atoms with E-state index in [-0.39, 0.29) is 36.6 Å². The third kappa shape index (κ3) is 5.21. The molecule has 1 aromatic heterocycles. The van der Waals surface area contributed by atoms with Crippen molar-refractivity contribution in [1.29, 1.82) is 0 Å². The summed E-state index contributed by atoms with van der Waals surface area (Å²) < 4.78 is 5.39. The van der Waals surface area contributed by atoms with Crippen LogP contribution in [0.4, 0.5) is 4.79 Å². The lowest BCUT2D eigenvalue weighted by molar-refractivity contribution is -0.153. The van der Waals surface area contributed by atoms with Gasteiger partial charge in [-0.3, -0.25) is 19.3 Å². The Morgan fingerprint density at radius 2 is 1.89 bits per heavy atom. The molecule has 1 saturated heterocycles. The number of aromatic carboxylic acids is 1. The zero-order chi connectivity index (χ0) is 26.7. The molecule has 0 radical (unpaired) electrons. The third-order valence-corrected chi connectivity index (χ3v) is 5.99. The summed E-state index contributed by atoms with van der Waals surface area (Å²) in [5.41, 5.74) is 0.316. The number of carbonyl (C=O) groups is 5. The number of imide groups is 1. The van der Waals surface area contributed by atoms with Crippen molar-refractivity contribution in [2.45, 2.75) is 25.3 Å². The Labute approximate surface area is 210 Å². The standard InChI is InChI=1S/C22H23BN6O8/c1-2-28-9-10-29(20(32)19(28)31)22(35)27-15(17-24-7-4-8-25-17)18(30)26-14-11-12-5-3-6-13(21(33)34)16(12)37-23(14)36/h3-8,14-15,36H,2,9-11H2,1H3,(H,26,30)(H,27,35)(H,33,34)/t14-,15?/m0/s1. The molecule has 37 heavy (non-hydrogen) atoms. The van der Waals surface area contributed by atoms with Crippen LogP contribution in [0.15, 0.2) is 36.7 Å². The van der Waals surface area contributed by atoms with E-state index in [9.17, 15) is 34.1 Å². The van der Waals surface area contributed by atoms with E-state index in [1.807, 2.05) is 0 Å². The Balaban J connectivity index is 1.52. The van der Waals surface area contributed by atoms with Crippen LogP contribution in [0.1, 0.15) is 34.7 Å². The van der Waals surface area contributed by atoms with Crippen LogP contribution < -0.4 is 15.3 Å². The van der Waals surface area contributed by atoms with Crippen LogP contribution in [0, 0.1) is 0 Å². The number of hydrogen-bond acceptors (Lipinski definition) is 9. The number of hydrogen-bond donors (Lipinski definition) is 4. The van der Waals surface area contributed by atoms with Gasteiger partial charge in [-0.2, -0.15) is 0 Å². The Morgan fingerprint density at radius 3 is 2.57 bits per heavy atom. The van der Waals surface area contributed by atoms with E-state index in [1.165, 1.54) is 35.5 Å². The van der Waals surface area contributed by atoms with Crippen molar-refractivity contribution in [3.63, 3.8) is 0 Å². The number of carboxylic acid groups (broad SMARTS) is 1. The number of likely N-dealkylation sites (N-methyl/N-ethyl adjacent to an activating group) is 1. The molecular formula is C22H23BN6O8. The highest BCUT2D eigenvalue weighted by Gasteiger charge is 2.41. The van der Waals surface area contributed by atoms with Crippen LogP contribution in [-0.4, -0.2) is 92.3 Å². The first kappa shape index (κ1) is 25.6. The van der Waals surface area contributed by atoms with E-state index in [4.69, 9.17) is 4.65 Å². The van der Waals surface area contributed by atoms with E-state index in [1.54, 1.807) is 13.0 Å². The Hall–Kier alpha value is -4.53. The molecule has 5 amide bonds. The highest BCUT2D eigenvalue weighted by Crippen LogP contribution is 2.30. The molecule has 2 aromatic rings. The number of amides is 5. The van der Waals surface area contributed by atoms with Gasteiger partial charge < -0.3 is 30.3 Å². The molecule has 14 nitrogen and oxygen atoms in total. The minimum atomic E-state index is -1.59. The summed E-state index contributed by atoms with van der Waals surface area (Å²) in [6.07, 6.45) is 2.74. The maximum atomic E-state index is 13.3. The second-order valence-electron chi connectivity index (χ2n) is 8.26. The van der Waals surface area contributed by atoms with Crippen molar-refractivity contribution in [2.24, 2.45) is 0 Å². The fraction of sp³-hybridized carbons (Fsp3) is 0.318. The SMILES string of the molecule is CCN1CCN(C(=O)NC(C(=O)N[C@H]2Cc3cccc(C(=O)O)c3OB2O)c2ncccn2)C(=O)C1=O. The van der Waals surface area contributed by atoms with Crippen molar-refractivity contribution in [2.75, 3.05) is 19.6 Å². The third-order valence-electron chi connectivity index (χ3n) is 5.99. The van der Waals surface area contributed by atoms with E-state index in [2.05, 4.69) is 20.6 Å². The summed E-state index contributed by atoms with van der Waals surface area (Å²) in [6.45, 7) is 2.10. The molecule has 15 heteroatoms. The molecule has 0 bridgehead atoms. The number of nitrogens with one attached hydrogen (secondary N) is 2. The molecule has 0 aliphatic carbocycles. The summed E-state index contributed by atoms with van der Waals surface area (Å²) in [5.74, 6) is -5.02. The zero-order valence-corrected chi connectivity index (χ0v) is 19.7. The van der Waals surface area contributed by atoms with Crippen molar-refractivity contribution < 1.29 is 38.8 Å². The molecule has 192 valence electrons. The molecule has 0 spiro atoms. The van der Waals surface area contributed by atoms with Gasteiger partial charge in [-0.05, 0) is 31.0 Å². The highest BCUT2D eigenvalue weighted by atomic mass is 16.5. The van der Waals surface area contributed by atoms with Gasteiger partial charge in [0.05, 0.1) is 11.5 Å². The predicted molar refractivity (Wildman–Crippen MR) is 125 cm³/mol. The molecule has 1 unspecified atom stereocenters. The molecule has 0 saturated carbocycles. The summed E-state index contributed by atoms with van der Waals surface area (Å²) in [5, 5.41) is 24.8. The minimum Gasteiger partial charge on any atom is -0.534 e. The van der Waals surface area contributed by atoms with Crippen LogP contribution in [-0.2, 0) is 20.8 Å². The summed E-state index contributed by atoms with van der Waals surface area (Å²) in [6, 6.07) is 3.47. The zero-order valence-electron chi connectivity index (χ0n) is 19.7. The number of fused-ring (bicyclic) bond motifs is 1. The number of nitrogens with zero attached hydrogens (tertiary/aromatic N) is 4. The van der Waals surface area contributed by atoms with E-state index in [0.717, 1.165) is 0 Å². The smallest absolute Gasteiger partial charge is 0.534 e. The lowest BCUT2D eigenvalue weighted by Crippen LogP contribution is -2.60. The van der Waals surface area contributed by atoms with Gasteiger partial charge in [0.25, 0.3) is 0 Å². The molecular weight excluding hydrogens is 487 g/mol. The van der Waals surface area contributed by atoms with Gasteiger partial charge in [0, 0.05) is 32.0 Å². The summed E-state index contributed by atoms with van der Waals surface area (Å²) >= 11 is 0. The Bertz CT molecular complexity index is 1240. The molecule has 3 heterocycles. The largest absolute Gasteiger partial charge is 0.547 e. The monoisotopic (exact) mass is 510 g/mol. The van der Waals surface area contributed by atoms with E-state index >= 15 is 0 Å². The second kappa shape index (κ2) is 10.6. The average molecular weight is 510 g/mol. The molecule has 1 aromatic carbocycles. The van der Waals surface area contributed by atoms with Crippen molar-refractivity contribution >= 4 is 36.8 Å². The fourth-order valence-electron chi connectivity index (χ4n) is 4.06. The van der Waals surface area contributed by atoms with Crippen LogP contribution in [0.25, 0.3) is 0 Å². The van der Waals surface area contributed by atoms with Gasteiger partial charge in [-0.25, -0.2) is 19.6 Å². The predicted octanol–water partition coefficient (Wildman–Crippen LogP) is -1.24. The first-order valence-corrected chi connectivity index (χ1v) is 11.4. The lowest BCUT2D eigenvalue weighted by atomic mass is 9.72. The summed E-state index contributed by atoms with van der Waals surface area (Å²) in [7, 11) is -1.59. The van der Waals surface area contributed by atoms with Gasteiger partial charge >= 0.3 is 30.9 Å². The number of benzene rings is 1. The van der Waals surface area contributed by atoms with Gasteiger partial charge in [-0.1, -0.05) is 12.1 Å². The van der Waals surface area contributed by atoms with Crippen molar-refractivity contribution in [3.05, 3.63) is 53.6 Å². The molecule has 2 aliphatic heterocycles. The number of carbonyl (C=O) groups excluding carboxylic acids is 4. The number of rotatable bonds is 6. The van der Waals surface area contributed by atoms with Crippen molar-refractivity contribution in [3.8, 4) is 5.75 Å². The van der Waals surface area contributed by atoms with Crippen molar-refractivity contribution in [1.82, 2.24) is 30.4 Å². The summed E-state index contributed by atoms with van der Waals surface area (Å²) in [4.78, 5) is 72.3. The van der Waals surface area contributed by atoms with Crippen LogP contribution in [0.3, 0.4) is 0 Å². The van der Waals surface area contributed by atoms with E-state index in [0.29, 0.717) is 17.0 Å². The number of para-hydroxylation sites is 1. The highest BCUT2D eigenvalue weighted by molar-refractivity contribution is 6.47. The molecule has 2 aliphatic rings. The van der Waals surface area contributed by atoms with Gasteiger partial charge in [0.1, 0.15) is 5.75 Å². The van der Waals surface area contributed by atoms with E-state index < -0.39 is 48.8 Å². The quantitative estimate of drug-likeness (QED) is 0.270. The molecule has 4 rings (SSSR count). The molecule has 1 fully saturated rings. The van der Waals surface area contributed by atoms with Gasteiger partial charge in [-0.15, -0.1) is 0 Å². The second-order valence-corrected chi connectivity index (χ2v) is 8.26. The molecule has 2 atom stereocenters. The van der Waals surface area contributed by atoms with Gasteiger partial charge in [0.2, 0.25) is 5.91 Å². The topological polar surface area (TPSA) is 191 Å². The first-order chi connectivity index (χ1) is 17.7. The average Bonchev–Trinajstić information content (AvgIpc) is 2.89. The number of carboxylic acids is 1. The maximum absolute atomic E-state index is 13.3. The number of aromatic nitrogens is 2. The van der Waals surface area contributed by atoms with Crippen LogP contribution >= 0.6 is 0 Å².